The molecule has 0 radical (unpaired) electrons. The van der Waals surface area contributed by atoms with E-state index in [0.29, 0.717) is 6.04 Å². The van der Waals surface area contributed by atoms with Crippen molar-refractivity contribution in [3.63, 3.8) is 0 Å². The second kappa shape index (κ2) is 8.02. The van der Waals surface area contributed by atoms with Crippen molar-refractivity contribution in [2.45, 2.75) is 57.0 Å². The lowest BCUT2D eigenvalue weighted by molar-refractivity contribution is 0.293. The standard InChI is InChI=1S/C20H32N4/c1-17(18-10-4-3-5-11-18)23-20(12-6-7-13-20)16-22-19(21-2)24-14-8-9-15-24/h3-5,10-11,17,23H,6-9,12-16H2,1-2H3,(H,21,22). The minimum atomic E-state index is 0.185. The van der Waals surface area contributed by atoms with Crippen molar-refractivity contribution < 1.29 is 0 Å². The van der Waals surface area contributed by atoms with Crippen LogP contribution in [0.3, 0.4) is 0 Å². The molecule has 0 amide bonds. The zero-order chi connectivity index (χ0) is 16.8. The molecule has 1 aliphatic carbocycles. The van der Waals surface area contributed by atoms with Crippen molar-refractivity contribution in [3.05, 3.63) is 35.9 Å². The normalized spacial score (nSPS) is 21.9. The van der Waals surface area contributed by atoms with Crippen LogP contribution in [0.4, 0.5) is 0 Å². The summed E-state index contributed by atoms with van der Waals surface area (Å²) < 4.78 is 0. The first-order valence-electron chi connectivity index (χ1n) is 9.51. The van der Waals surface area contributed by atoms with Crippen molar-refractivity contribution in [1.82, 2.24) is 15.5 Å². The van der Waals surface area contributed by atoms with Gasteiger partial charge in [0.25, 0.3) is 0 Å². The fourth-order valence-electron chi connectivity index (χ4n) is 4.22. The van der Waals surface area contributed by atoms with E-state index in [-0.39, 0.29) is 5.54 Å². The van der Waals surface area contributed by atoms with E-state index in [1.807, 2.05) is 7.05 Å². The number of benzene rings is 1. The lowest BCUT2D eigenvalue weighted by atomic mass is 9.94. The minimum Gasteiger partial charge on any atom is -0.354 e. The third kappa shape index (κ3) is 4.10. The number of rotatable bonds is 5. The summed E-state index contributed by atoms with van der Waals surface area (Å²) in [6, 6.07) is 11.2. The number of nitrogens with one attached hydrogen (secondary N) is 2. The van der Waals surface area contributed by atoms with Crippen LogP contribution in [-0.2, 0) is 0 Å². The first-order valence-corrected chi connectivity index (χ1v) is 9.51. The molecule has 0 spiro atoms. The van der Waals surface area contributed by atoms with E-state index in [1.165, 1.54) is 44.1 Å². The van der Waals surface area contributed by atoms with Gasteiger partial charge in [-0.1, -0.05) is 43.2 Å². The molecule has 1 unspecified atom stereocenters. The quantitative estimate of drug-likeness (QED) is 0.643. The molecule has 1 aromatic rings. The third-order valence-electron chi connectivity index (χ3n) is 5.59. The van der Waals surface area contributed by atoms with E-state index in [0.717, 1.165) is 25.6 Å². The minimum absolute atomic E-state index is 0.185. The van der Waals surface area contributed by atoms with E-state index in [2.05, 4.69) is 57.8 Å². The molecular weight excluding hydrogens is 296 g/mol. The molecule has 1 heterocycles. The van der Waals surface area contributed by atoms with Gasteiger partial charge >= 0.3 is 0 Å². The number of nitrogens with zero attached hydrogens (tertiary/aromatic N) is 2. The zero-order valence-electron chi connectivity index (χ0n) is 15.2. The highest BCUT2D eigenvalue weighted by atomic mass is 15.3. The Balaban J connectivity index is 1.63. The molecule has 24 heavy (non-hydrogen) atoms. The van der Waals surface area contributed by atoms with Gasteiger partial charge in [-0.2, -0.15) is 0 Å². The number of hydrogen-bond acceptors (Lipinski definition) is 2. The summed E-state index contributed by atoms with van der Waals surface area (Å²) in [7, 11) is 1.90. The van der Waals surface area contributed by atoms with E-state index >= 15 is 0 Å². The molecule has 2 fully saturated rings. The second-order valence-corrected chi connectivity index (χ2v) is 7.36. The van der Waals surface area contributed by atoms with E-state index in [4.69, 9.17) is 0 Å². The molecule has 0 aromatic heterocycles. The predicted molar refractivity (Wildman–Crippen MR) is 101 cm³/mol. The Labute approximate surface area is 146 Å². The Morgan fingerprint density at radius 2 is 1.79 bits per heavy atom. The Kier molecular flexibility index (Phi) is 5.77. The smallest absolute Gasteiger partial charge is 0.193 e. The van der Waals surface area contributed by atoms with E-state index in [1.54, 1.807) is 0 Å². The topological polar surface area (TPSA) is 39.7 Å². The summed E-state index contributed by atoms with van der Waals surface area (Å²) in [6.45, 7) is 5.53. The average Bonchev–Trinajstić information content (AvgIpc) is 3.29. The van der Waals surface area contributed by atoms with Crippen molar-refractivity contribution in [2.24, 2.45) is 4.99 Å². The summed E-state index contributed by atoms with van der Waals surface area (Å²) in [4.78, 5) is 6.90. The molecule has 2 N–H and O–H groups in total. The van der Waals surface area contributed by atoms with Gasteiger partial charge in [-0.05, 0) is 38.2 Å². The fourth-order valence-corrected chi connectivity index (χ4v) is 4.22. The average molecular weight is 329 g/mol. The summed E-state index contributed by atoms with van der Waals surface area (Å²) >= 11 is 0. The number of likely N-dealkylation sites (tertiary alicyclic amines) is 1. The maximum absolute atomic E-state index is 4.50. The van der Waals surface area contributed by atoms with Crippen LogP contribution in [-0.4, -0.2) is 43.1 Å². The highest BCUT2D eigenvalue weighted by molar-refractivity contribution is 5.80. The van der Waals surface area contributed by atoms with Gasteiger partial charge in [0.15, 0.2) is 5.96 Å². The van der Waals surface area contributed by atoms with Gasteiger partial charge < -0.3 is 15.5 Å². The molecule has 4 heteroatoms. The van der Waals surface area contributed by atoms with Gasteiger partial charge in [-0.15, -0.1) is 0 Å². The second-order valence-electron chi connectivity index (χ2n) is 7.36. The van der Waals surface area contributed by atoms with Gasteiger partial charge in [0.2, 0.25) is 0 Å². The first-order chi connectivity index (χ1) is 11.7. The van der Waals surface area contributed by atoms with Gasteiger partial charge in [0.05, 0.1) is 0 Å². The highest BCUT2D eigenvalue weighted by Gasteiger charge is 2.35. The predicted octanol–water partition coefficient (Wildman–Crippen LogP) is 3.32. The van der Waals surface area contributed by atoms with Gasteiger partial charge in [-0.25, -0.2) is 0 Å². The largest absolute Gasteiger partial charge is 0.354 e. The van der Waals surface area contributed by atoms with Crippen LogP contribution in [0.1, 0.15) is 57.1 Å². The van der Waals surface area contributed by atoms with Gasteiger partial charge in [0, 0.05) is 38.3 Å². The molecule has 1 aromatic carbocycles. The van der Waals surface area contributed by atoms with Crippen molar-refractivity contribution in [1.29, 1.82) is 0 Å². The Bertz CT molecular complexity index is 528. The van der Waals surface area contributed by atoms with E-state index < -0.39 is 0 Å². The van der Waals surface area contributed by atoms with Crippen LogP contribution < -0.4 is 10.6 Å². The molecule has 1 atom stereocenters. The molecule has 4 nitrogen and oxygen atoms in total. The third-order valence-corrected chi connectivity index (χ3v) is 5.59. The molecule has 2 aliphatic rings. The molecule has 132 valence electrons. The van der Waals surface area contributed by atoms with Crippen LogP contribution >= 0.6 is 0 Å². The molecule has 1 aliphatic heterocycles. The van der Waals surface area contributed by atoms with Crippen LogP contribution in [0.15, 0.2) is 35.3 Å². The van der Waals surface area contributed by atoms with Crippen LogP contribution in [0.25, 0.3) is 0 Å². The lowest BCUT2D eigenvalue weighted by Crippen LogP contribution is -2.54. The SMILES string of the molecule is CN=C(NCC1(NC(C)c2ccccc2)CCCC1)N1CCCC1. The maximum Gasteiger partial charge on any atom is 0.193 e. The lowest BCUT2D eigenvalue weighted by Gasteiger charge is -2.35. The van der Waals surface area contributed by atoms with Crippen LogP contribution in [0.5, 0.6) is 0 Å². The monoisotopic (exact) mass is 328 g/mol. The molecule has 1 saturated carbocycles. The summed E-state index contributed by atoms with van der Waals surface area (Å²) in [5.74, 6) is 1.08. The van der Waals surface area contributed by atoms with E-state index in [9.17, 15) is 0 Å². The van der Waals surface area contributed by atoms with Gasteiger partial charge in [0.1, 0.15) is 0 Å². The molecule has 3 rings (SSSR count). The maximum atomic E-state index is 4.50. The Morgan fingerprint density at radius 3 is 2.42 bits per heavy atom. The van der Waals surface area contributed by atoms with Crippen LogP contribution in [0.2, 0.25) is 0 Å². The molecule has 0 bridgehead atoms. The summed E-state index contributed by atoms with van der Waals surface area (Å²) in [5.41, 5.74) is 1.55. The van der Waals surface area contributed by atoms with Crippen molar-refractivity contribution in [3.8, 4) is 0 Å². The highest BCUT2D eigenvalue weighted by Crippen LogP contribution is 2.32. The first kappa shape index (κ1) is 17.3. The summed E-state index contributed by atoms with van der Waals surface area (Å²) in [5, 5.41) is 7.61. The molecule has 1 saturated heterocycles. The van der Waals surface area contributed by atoms with Gasteiger partial charge in [-0.3, -0.25) is 4.99 Å². The number of guanidine groups is 1. The number of aliphatic imine (C=N–C) groups is 1. The Morgan fingerprint density at radius 1 is 1.12 bits per heavy atom. The van der Waals surface area contributed by atoms with Crippen molar-refractivity contribution in [2.75, 3.05) is 26.7 Å². The molecular formula is C20H32N4. The number of hydrogen-bond donors (Lipinski definition) is 2. The fraction of sp³-hybridized carbons (Fsp3) is 0.650. The van der Waals surface area contributed by atoms with Crippen LogP contribution in [0, 0.1) is 0 Å². The zero-order valence-corrected chi connectivity index (χ0v) is 15.2. The summed E-state index contributed by atoms with van der Waals surface area (Å²) in [6.07, 6.45) is 7.70. The Hall–Kier alpha value is -1.55. The van der Waals surface area contributed by atoms with Crippen molar-refractivity contribution >= 4 is 5.96 Å².